The molecule has 1 unspecified atom stereocenters. The Balaban J connectivity index is 2.42. The zero-order chi connectivity index (χ0) is 13.8. The van der Waals surface area contributed by atoms with Gasteiger partial charge in [-0.1, -0.05) is 6.07 Å². The molecule has 0 radical (unpaired) electrons. The first-order valence-electron chi connectivity index (χ1n) is 6.56. The van der Waals surface area contributed by atoms with Crippen molar-refractivity contribution in [1.82, 2.24) is 0 Å². The summed E-state index contributed by atoms with van der Waals surface area (Å²) in [5.74, 6) is 0.788. The van der Waals surface area contributed by atoms with Crippen LogP contribution in [0.4, 0.5) is 5.69 Å². The molecule has 0 aliphatic carbocycles. The third-order valence-electron chi connectivity index (χ3n) is 3.47. The van der Waals surface area contributed by atoms with E-state index in [-0.39, 0.29) is 18.7 Å². The van der Waals surface area contributed by atoms with Gasteiger partial charge in [-0.15, -0.1) is 0 Å². The van der Waals surface area contributed by atoms with E-state index in [1.807, 2.05) is 25.1 Å². The molecule has 106 valence electrons. The number of hydrogen-bond acceptors (Lipinski definition) is 5. The Morgan fingerprint density at radius 1 is 1.58 bits per heavy atom. The van der Waals surface area contributed by atoms with E-state index in [0.717, 1.165) is 23.5 Å². The molecule has 2 atom stereocenters. The molecule has 0 saturated carbocycles. The van der Waals surface area contributed by atoms with Gasteiger partial charge in [-0.2, -0.15) is 0 Å². The van der Waals surface area contributed by atoms with Crippen molar-refractivity contribution < 1.29 is 14.6 Å². The lowest BCUT2D eigenvalue weighted by atomic mass is 10.0. The van der Waals surface area contributed by atoms with E-state index in [1.165, 1.54) is 0 Å². The summed E-state index contributed by atoms with van der Waals surface area (Å²) in [6, 6.07) is 5.72. The van der Waals surface area contributed by atoms with Gasteiger partial charge in [0.05, 0.1) is 33.0 Å². The van der Waals surface area contributed by atoms with Crippen LogP contribution in [0.15, 0.2) is 18.2 Å². The second-order valence-electron chi connectivity index (χ2n) is 4.79. The highest BCUT2D eigenvalue weighted by Crippen LogP contribution is 2.35. The van der Waals surface area contributed by atoms with Crippen molar-refractivity contribution >= 4 is 5.69 Å². The molecule has 5 heteroatoms. The highest BCUT2D eigenvalue weighted by Gasteiger charge is 2.26. The van der Waals surface area contributed by atoms with Gasteiger partial charge in [0.1, 0.15) is 5.75 Å². The molecule has 0 spiro atoms. The molecule has 1 saturated heterocycles. The van der Waals surface area contributed by atoms with E-state index in [0.29, 0.717) is 13.2 Å². The number of rotatable bonds is 4. The fourth-order valence-corrected chi connectivity index (χ4v) is 2.54. The van der Waals surface area contributed by atoms with Gasteiger partial charge in [-0.05, 0) is 19.1 Å². The molecule has 1 fully saturated rings. The van der Waals surface area contributed by atoms with E-state index < -0.39 is 0 Å². The van der Waals surface area contributed by atoms with E-state index in [1.54, 1.807) is 7.11 Å². The van der Waals surface area contributed by atoms with Crippen molar-refractivity contribution in [3.05, 3.63) is 23.8 Å². The van der Waals surface area contributed by atoms with Gasteiger partial charge in [-0.25, -0.2) is 0 Å². The highest BCUT2D eigenvalue weighted by atomic mass is 16.5. The minimum absolute atomic E-state index is 0.0293. The quantitative estimate of drug-likeness (QED) is 0.848. The Hall–Kier alpha value is -1.30. The third kappa shape index (κ3) is 2.83. The smallest absolute Gasteiger partial charge is 0.125 e. The van der Waals surface area contributed by atoms with Crippen LogP contribution in [-0.4, -0.2) is 44.6 Å². The van der Waals surface area contributed by atoms with Crippen LogP contribution >= 0.6 is 0 Å². The number of aliphatic hydroxyl groups is 1. The zero-order valence-electron chi connectivity index (χ0n) is 11.5. The molecular weight excluding hydrogens is 244 g/mol. The van der Waals surface area contributed by atoms with E-state index in [2.05, 4.69) is 4.90 Å². The molecule has 0 aromatic heterocycles. The Kier molecular flexibility index (Phi) is 4.63. The number of nitrogens with zero attached hydrogens (tertiary/aromatic N) is 1. The maximum atomic E-state index is 9.49. The van der Waals surface area contributed by atoms with Crippen LogP contribution in [0.3, 0.4) is 0 Å². The Bertz CT molecular complexity index is 423. The molecule has 1 aliphatic heterocycles. The van der Waals surface area contributed by atoms with Crippen LogP contribution in [0.1, 0.15) is 18.5 Å². The molecule has 0 amide bonds. The summed E-state index contributed by atoms with van der Waals surface area (Å²) >= 11 is 0. The van der Waals surface area contributed by atoms with Crippen LogP contribution in [0.5, 0.6) is 5.75 Å². The van der Waals surface area contributed by atoms with Crippen LogP contribution in [-0.2, 0) is 4.74 Å². The van der Waals surface area contributed by atoms with Gasteiger partial charge in [0.15, 0.2) is 0 Å². The number of ether oxygens (including phenoxy) is 2. The van der Waals surface area contributed by atoms with Gasteiger partial charge < -0.3 is 25.2 Å². The molecule has 1 aromatic carbocycles. The van der Waals surface area contributed by atoms with Gasteiger partial charge in [0.2, 0.25) is 0 Å². The fraction of sp³-hybridized carbons (Fsp3) is 0.571. The Morgan fingerprint density at radius 3 is 3.00 bits per heavy atom. The summed E-state index contributed by atoms with van der Waals surface area (Å²) in [4.78, 5) is 2.16. The number of methoxy groups -OCH3 is 1. The largest absolute Gasteiger partial charge is 0.496 e. The average molecular weight is 266 g/mol. The number of benzene rings is 1. The second kappa shape index (κ2) is 6.23. The van der Waals surface area contributed by atoms with Crippen LogP contribution < -0.4 is 15.4 Å². The molecule has 19 heavy (non-hydrogen) atoms. The normalized spacial score (nSPS) is 21.3. The van der Waals surface area contributed by atoms with Gasteiger partial charge in [0.25, 0.3) is 0 Å². The second-order valence-corrected chi connectivity index (χ2v) is 4.79. The molecule has 1 aromatic rings. The lowest BCUT2D eigenvalue weighted by Gasteiger charge is -2.38. The molecule has 0 bridgehead atoms. The molecule has 1 aliphatic rings. The molecule has 2 rings (SSSR count). The van der Waals surface area contributed by atoms with Crippen LogP contribution in [0.25, 0.3) is 0 Å². The predicted molar refractivity (Wildman–Crippen MR) is 74.6 cm³/mol. The number of nitrogens with two attached hydrogens (primary N) is 1. The van der Waals surface area contributed by atoms with Crippen molar-refractivity contribution in [3.8, 4) is 5.75 Å². The Morgan fingerprint density at radius 2 is 2.37 bits per heavy atom. The Labute approximate surface area is 113 Å². The number of aliphatic hydroxyl groups excluding tert-OH is 1. The van der Waals surface area contributed by atoms with E-state index in [4.69, 9.17) is 15.2 Å². The molecule has 1 heterocycles. The van der Waals surface area contributed by atoms with Crippen molar-refractivity contribution in [1.29, 1.82) is 0 Å². The summed E-state index contributed by atoms with van der Waals surface area (Å²) in [6.07, 6.45) is 0. The summed E-state index contributed by atoms with van der Waals surface area (Å²) in [6.45, 7) is 3.95. The summed E-state index contributed by atoms with van der Waals surface area (Å²) < 4.78 is 10.8. The van der Waals surface area contributed by atoms with Crippen molar-refractivity contribution in [2.45, 2.75) is 19.0 Å². The first-order valence-corrected chi connectivity index (χ1v) is 6.56. The number of anilines is 1. The maximum Gasteiger partial charge on any atom is 0.125 e. The fourth-order valence-electron chi connectivity index (χ4n) is 2.54. The van der Waals surface area contributed by atoms with Crippen LogP contribution in [0.2, 0.25) is 0 Å². The maximum absolute atomic E-state index is 9.49. The van der Waals surface area contributed by atoms with Crippen molar-refractivity contribution in [3.63, 3.8) is 0 Å². The SMILES string of the molecule is COc1cccc(N2CCOCC2CO)c1[C@@H](C)N. The average Bonchev–Trinajstić information content (AvgIpc) is 2.46. The van der Waals surface area contributed by atoms with Gasteiger partial charge >= 0.3 is 0 Å². The first kappa shape index (κ1) is 14.1. The van der Waals surface area contributed by atoms with Gasteiger partial charge in [-0.3, -0.25) is 0 Å². The topological polar surface area (TPSA) is 68.0 Å². The van der Waals surface area contributed by atoms with Crippen molar-refractivity contribution in [2.75, 3.05) is 38.4 Å². The van der Waals surface area contributed by atoms with Crippen LogP contribution in [0, 0.1) is 0 Å². The number of hydrogen-bond donors (Lipinski definition) is 2. The minimum atomic E-state index is -0.131. The zero-order valence-corrected chi connectivity index (χ0v) is 11.5. The van der Waals surface area contributed by atoms with E-state index >= 15 is 0 Å². The monoisotopic (exact) mass is 266 g/mol. The van der Waals surface area contributed by atoms with Crippen molar-refractivity contribution in [2.24, 2.45) is 5.73 Å². The summed E-state index contributed by atoms with van der Waals surface area (Å²) in [7, 11) is 1.65. The third-order valence-corrected chi connectivity index (χ3v) is 3.47. The standard InChI is InChI=1S/C14H22N2O3/c1-10(15)14-12(4-3-5-13(14)18-2)16-6-7-19-9-11(16)8-17/h3-5,10-11,17H,6-9,15H2,1-2H3/t10-,11?/m1/s1. The van der Waals surface area contributed by atoms with Gasteiger partial charge in [0, 0.05) is 23.8 Å². The predicted octanol–water partition coefficient (Wildman–Crippen LogP) is 0.912. The molecular formula is C14H22N2O3. The highest BCUT2D eigenvalue weighted by molar-refractivity contribution is 5.61. The lowest BCUT2D eigenvalue weighted by Crippen LogP contribution is -2.48. The summed E-state index contributed by atoms with van der Waals surface area (Å²) in [5.41, 5.74) is 8.09. The minimum Gasteiger partial charge on any atom is -0.496 e. The first-order chi connectivity index (χ1) is 9.19. The molecule has 5 nitrogen and oxygen atoms in total. The summed E-state index contributed by atoms with van der Waals surface area (Å²) in [5, 5.41) is 9.49. The number of morpholine rings is 1. The lowest BCUT2D eigenvalue weighted by molar-refractivity contribution is 0.0725. The molecule has 3 N–H and O–H groups in total. The van der Waals surface area contributed by atoms with E-state index in [9.17, 15) is 5.11 Å².